The summed E-state index contributed by atoms with van der Waals surface area (Å²) in [5, 5.41) is 6.77. The molecular weight excluding hydrogens is 284 g/mol. The zero-order valence-electron chi connectivity index (χ0n) is 12.3. The van der Waals surface area contributed by atoms with Crippen molar-refractivity contribution in [2.75, 3.05) is 13.2 Å². The number of furan rings is 1. The van der Waals surface area contributed by atoms with Crippen LogP contribution in [0.25, 0.3) is 0 Å². The molecule has 1 heterocycles. The monoisotopic (exact) mass is 304 g/mol. The van der Waals surface area contributed by atoms with Crippen LogP contribution in [0.3, 0.4) is 0 Å². The first-order valence-electron chi connectivity index (χ1n) is 6.89. The number of hydrogen-bond acceptors (Lipinski definition) is 3. The number of ether oxygens (including phenoxy) is 1. The van der Waals surface area contributed by atoms with Crippen LogP contribution in [0.1, 0.15) is 16.9 Å². The van der Waals surface area contributed by atoms with Crippen LogP contribution in [0.15, 0.2) is 41.0 Å². The van der Waals surface area contributed by atoms with E-state index in [4.69, 9.17) is 21.4 Å². The van der Waals surface area contributed by atoms with Gasteiger partial charge in [0.15, 0.2) is 5.11 Å². The van der Waals surface area contributed by atoms with Crippen LogP contribution in [0, 0.1) is 13.8 Å². The second-order valence-corrected chi connectivity index (χ2v) is 5.21. The quantitative estimate of drug-likeness (QED) is 0.635. The predicted octanol–water partition coefficient (Wildman–Crippen LogP) is 2.94. The first kappa shape index (κ1) is 15.4. The summed E-state index contributed by atoms with van der Waals surface area (Å²) >= 11 is 5.18. The van der Waals surface area contributed by atoms with Crippen molar-refractivity contribution in [2.45, 2.75) is 20.4 Å². The summed E-state index contributed by atoms with van der Waals surface area (Å²) in [6.45, 7) is 5.91. The second-order valence-electron chi connectivity index (χ2n) is 4.81. The highest BCUT2D eigenvalue weighted by atomic mass is 32.1. The third-order valence-corrected chi connectivity index (χ3v) is 3.27. The molecule has 4 nitrogen and oxygen atoms in total. The number of nitrogens with one attached hydrogen (secondary N) is 2. The fraction of sp³-hybridized carbons (Fsp3) is 0.312. The minimum absolute atomic E-state index is 0.562. The average molecular weight is 304 g/mol. The Morgan fingerprint density at radius 3 is 2.81 bits per heavy atom. The van der Waals surface area contributed by atoms with Gasteiger partial charge < -0.3 is 19.8 Å². The van der Waals surface area contributed by atoms with Crippen molar-refractivity contribution in [1.82, 2.24) is 10.6 Å². The van der Waals surface area contributed by atoms with Crippen molar-refractivity contribution < 1.29 is 9.15 Å². The van der Waals surface area contributed by atoms with E-state index in [0.29, 0.717) is 24.8 Å². The summed E-state index contributed by atoms with van der Waals surface area (Å²) in [6.07, 6.45) is 1.64. The Bertz CT molecular complexity index is 582. The molecule has 2 N–H and O–H groups in total. The van der Waals surface area contributed by atoms with E-state index < -0.39 is 0 Å². The van der Waals surface area contributed by atoms with Crippen molar-refractivity contribution in [3.8, 4) is 5.75 Å². The topological polar surface area (TPSA) is 46.4 Å². The van der Waals surface area contributed by atoms with E-state index >= 15 is 0 Å². The lowest BCUT2D eigenvalue weighted by molar-refractivity contribution is 0.320. The van der Waals surface area contributed by atoms with Crippen LogP contribution in [0.4, 0.5) is 0 Å². The molecule has 0 aliphatic rings. The average Bonchev–Trinajstić information content (AvgIpc) is 2.96. The fourth-order valence-corrected chi connectivity index (χ4v) is 2.10. The van der Waals surface area contributed by atoms with Crippen molar-refractivity contribution in [3.63, 3.8) is 0 Å². The maximum absolute atomic E-state index is 5.72. The van der Waals surface area contributed by atoms with Gasteiger partial charge in [0.2, 0.25) is 0 Å². The van der Waals surface area contributed by atoms with E-state index in [2.05, 4.69) is 23.6 Å². The van der Waals surface area contributed by atoms with Gasteiger partial charge in [0.1, 0.15) is 18.1 Å². The predicted molar refractivity (Wildman–Crippen MR) is 87.6 cm³/mol. The minimum atomic E-state index is 0.562. The van der Waals surface area contributed by atoms with Gasteiger partial charge >= 0.3 is 0 Å². The Morgan fingerprint density at radius 1 is 1.24 bits per heavy atom. The normalized spacial score (nSPS) is 10.2. The third-order valence-electron chi connectivity index (χ3n) is 2.98. The number of rotatable bonds is 6. The number of benzene rings is 1. The second kappa shape index (κ2) is 7.69. The smallest absolute Gasteiger partial charge is 0.166 e. The van der Waals surface area contributed by atoms with Gasteiger partial charge in [0, 0.05) is 0 Å². The molecule has 2 rings (SSSR count). The molecule has 1 aromatic heterocycles. The summed E-state index contributed by atoms with van der Waals surface area (Å²) in [4.78, 5) is 0. The van der Waals surface area contributed by atoms with Crippen LogP contribution < -0.4 is 15.4 Å². The molecule has 1 aromatic carbocycles. The molecule has 0 radical (unpaired) electrons. The Labute approximate surface area is 130 Å². The van der Waals surface area contributed by atoms with E-state index in [1.165, 1.54) is 5.56 Å². The highest BCUT2D eigenvalue weighted by Gasteiger charge is 2.01. The Hall–Kier alpha value is -2.01. The van der Waals surface area contributed by atoms with Crippen molar-refractivity contribution >= 4 is 17.3 Å². The summed E-state index contributed by atoms with van der Waals surface area (Å²) in [6, 6.07) is 9.91. The number of thiocarbonyl (C=S) groups is 1. The van der Waals surface area contributed by atoms with Crippen LogP contribution in [0.2, 0.25) is 0 Å². The number of hydrogen-bond donors (Lipinski definition) is 2. The van der Waals surface area contributed by atoms with E-state index in [-0.39, 0.29) is 0 Å². The molecule has 0 amide bonds. The zero-order chi connectivity index (χ0) is 15.1. The largest absolute Gasteiger partial charge is 0.491 e. The fourth-order valence-electron chi connectivity index (χ4n) is 1.93. The van der Waals surface area contributed by atoms with Gasteiger partial charge in [-0.05, 0) is 49.8 Å². The molecule has 21 heavy (non-hydrogen) atoms. The molecule has 2 aromatic rings. The standard InChI is InChI=1S/C16H20N2O2S/c1-12-5-6-15(13(2)10-12)20-9-7-17-16(21)18-11-14-4-3-8-19-14/h3-6,8,10H,7,9,11H2,1-2H3,(H2,17,18,21). The highest BCUT2D eigenvalue weighted by Crippen LogP contribution is 2.18. The van der Waals surface area contributed by atoms with E-state index in [0.717, 1.165) is 17.1 Å². The first-order chi connectivity index (χ1) is 10.1. The lowest BCUT2D eigenvalue weighted by Gasteiger charge is -2.12. The molecule has 0 spiro atoms. The lowest BCUT2D eigenvalue weighted by Crippen LogP contribution is -2.37. The maximum atomic E-state index is 5.72. The number of aryl methyl sites for hydroxylation is 2. The summed E-state index contributed by atoms with van der Waals surface area (Å²) in [5.74, 6) is 1.77. The van der Waals surface area contributed by atoms with Crippen LogP contribution >= 0.6 is 12.2 Å². The van der Waals surface area contributed by atoms with Gasteiger partial charge in [-0.1, -0.05) is 17.7 Å². The van der Waals surface area contributed by atoms with Crippen molar-refractivity contribution in [1.29, 1.82) is 0 Å². The zero-order valence-corrected chi connectivity index (χ0v) is 13.1. The van der Waals surface area contributed by atoms with Crippen LogP contribution in [-0.2, 0) is 6.54 Å². The molecule has 0 atom stereocenters. The molecule has 0 unspecified atom stereocenters. The molecule has 5 heteroatoms. The minimum Gasteiger partial charge on any atom is -0.491 e. The maximum Gasteiger partial charge on any atom is 0.166 e. The molecule has 0 aliphatic carbocycles. The Kier molecular flexibility index (Phi) is 5.63. The molecule has 112 valence electrons. The van der Waals surface area contributed by atoms with Gasteiger partial charge in [-0.15, -0.1) is 0 Å². The summed E-state index contributed by atoms with van der Waals surface area (Å²) in [7, 11) is 0. The van der Waals surface area contributed by atoms with E-state index in [1.807, 2.05) is 31.2 Å². The third kappa shape index (κ3) is 5.11. The molecule has 0 aliphatic heterocycles. The van der Waals surface area contributed by atoms with E-state index in [1.54, 1.807) is 6.26 Å². The SMILES string of the molecule is Cc1ccc(OCCNC(=S)NCc2ccco2)c(C)c1. The first-order valence-corrected chi connectivity index (χ1v) is 7.30. The van der Waals surface area contributed by atoms with Crippen molar-refractivity contribution in [3.05, 3.63) is 53.5 Å². The van der Waals surface area contributed by atoms with Gasteiger partial charge in [-0.2, -0.15) is 0 Å². The lowest BCUT2D eigenvalue weighted by atomic mass is 10.1. The molecule has 0 saturated heterocycles. The molecular formula is C16H20N2O2S. The summed E-state index contributed by atoms with van der Waals surface area (Å²) < 4.78 is 10.9. The Balaban J connectivity index is 1.64. The van der Waals surface area contributed by atoms with E-state index in [9.17, 15) is 0 Å². The van der Waals surface area contributed by atoms with Crippen molar-refractivity contribution in [2.24, 2.45) is 0 Å². The van der Waals surface area contributed by atoms with Gasteiger partial charge in [-0.25, -0.2) is 0 Å². The Morgan fingerprint density at radius 2 is 2.10 bits per heavy atom. The molecule has 0 saturated carbocycles. The van der Waals surface area contributed by atoms with Crippen LogP contribution in [0.5, 0.6) is 5.75 Å². The highest BCUT2D eigenvalue weighted by molar-refractivity contribution is 7.80. The van der Waals surface area contributed by atoms with Crippen LogP contribution in [-0.4, -0.2) is 18.3 Å². The van der Waals surface area contributed by atoms with Gasteiger partial charge in [0.25, 0.3) is 0 Å². The molecule has 0 fully saturated rings. The summed E-state index contributed by atoms with van der Waals surface area (Å²) in [5.41, 5.74) is 2.38. The molecule has 0 bridgehead atoms. The van der Waals surface area contributed by atoms with Gasteiger partial charge in [0.05, 0.1) is 19.4 Å². The van der Waals surface area contributed by atoms with Gasteiger partial charge in [-0.3, -0.25) is 0 Å².